The summed E-state index contributed by atoms with van der Waals surface area (Å²) in [5, 5.41) is 0. The van der Waals surface area contributed by atoms with Crippen molar-refractivity contribution in [3.8, 4) is 0 Å². The van der Waals surface area contributed by atoms with E-state index in [1.165, 1.54) is 0 Å². The van der Waals surface area contributed by atoms with Crippen LogP contribution in [-0.2, 0) is 18.8 Å². The fourth-order valence-corrected chi connectivity index (χ4v) is 0.555. The molecule has 0 atom stereocenters. The Morgan fingerprint density at radius 2 is 1.21 bits per heavy atom. The monoisotopic (exact) mass is 386 g/mol. The van der Waals surface area contributed by atoms with Crippen LogP contribution in [0.25, 0.3) is 0 Å². The summed E-state index contributed by atoms with van der Waals surface area (Å²) in [5.74, 6) is 0. The van der Waals surface area contributed by atoms with Crippen molar-refractivity contribution in [1.29, 1.82) is 0 Å². The number of aromatic nitrogens is 2. The van der Waals surface area contributed by atoms with Gasteiger partial charge in [0.2, 0.25) is 0 Å². The molecule has 0 aliphatic rings. The molecule has 0 saturated carbocycles. The van der Waals surface area contributed by atoms with Gasteiger partial charge in [0.15, 0.2) is 0 Å². The molecule has 0 saturated heterocycles. The minimum Gasteiger partial charge on any atom is -0.394 e. The van der Waals surface area contributed by atoms with Crippen LogP contribution < -0.4 is 0 Å². The van der Waals surface area contributed by atoms with Gasteiger partial charge in [-0.1, -0.05) is 24.8 Å². The Labute approximate surface area is 99.2 Å². The predicted molar refractivity (Wildman–Crippen MR) is 52.0 cm³/mol. The van der Waals surface area contributed by atoms with Gasteiger partial charge in [0.25, 0.3) is 0 Å². The number of nitrogens with zero attached hydrogens (tertiary/aromatic N) is 2. The summed E-state index contributed by atoms with van der Waals surface area (Å²) < 4.78 is 0. The van der Waals surface area contributed by atoms with E-state index in [9.17, 15) is 0 Å². The Morgan fingerprint density at radius 1 is 0.786 bits per heavy atom. The van der Waals surface area contributed by atoms with Crippen molar-refractivity contribution in [2.45, 2.75) is 0 Å². The largest absolute Gasteiger partial charge is 0.394 e. The van der Waals surface area contributed by atoms with Gasteiger partial charge in [-0.05, 0) is 0 Å². The van der Waals surface area contributed by atoms with Crippen LogP contribution in [0.1, 0.15) is 0 Å². The number of halogens is 1. The molecule has 2 aromatic rings. The summed E-state index contributed by atoms with van der Waals surface area (Å²) in [6, 6.07) is 11.0. The summed E-state index contributed by atoms with van der Waals surface area (Å²) in [4.78, 5) is 7.32. The van der Waals surface area contributed by atoms with E-state index in [1.807, 2.05) is 24.3 Å². The van der Waals surface area contributed by atoms with Gasteiger partial charge >= 0.3 is 28.2 Å². The zero-order valence-electron chi connectivity index (χ0n) is 7.21. The second-order valence-corrected chi connectivity index (χ2v) is 1.92. The van der Waals surface area contributed by atoms with Crippen molar-refractivity contribution >= 4 is 9.42 Å². The smallest absolute Gasteiger partial charge is 0.0813 e. The molecule has 0 aliphatic carbocycles. The Kier molecular flexibility index (Phi) is 11.6. The first-order valence-corrected chi connectivity index (χ1v) is 6.48. The van der Waals surface area contributed by atoms with E-state index in [0.29, 0.717) is 0 Å². The van der Waals surface area contributed by atoms with Gasteiger partial charge in [0.1, 0.15) is 0 Å². The van der Waals surface area contributed by atoms with Crippen LogP contribution in [0.3, 0.4) is 0 Å². The number of pyridine rings is 2. The first-order chi connectivity index (χ1) is 7.00. The second-order valence-electron chi connectivity index (χ2n) is 1.92. The fourth-order valence-electron chi connectivity index (χ4n) is 0.555. The average molecular weight is 387 g/mol. The van der Waals surface area contributed by atoms with Gasteiger partial charge in [-0.25, -0.2) is 0 Å². The van der Waals surface area contributed by atoms with E-state index in [2.05, 4.69) is 31.8 Å². The van der Waals surface area contributed by atoms with Gasteiger partial charge in [0, 0.05) is 0 Å². The van der Waals surface area contributed by atoms with Crippen molar-refractivity contribution in [2.24, 2.45) is 0 Å². The van der Waals surface area contributed by atoms with Crippen LogP contribution >= 0.6 is 9.42 Å². The molecule has 77 valence electrons. The molecule has 0 unspecified atom stereocenters. The number of rotatable bonds is 0. The molecular formula is C10H8ClN2Pt-2. The van der Waals surface area contributed by atoms with Crippen molar-refractivity contribution < 1.29 is 18.8 Å². The van der Waals surface area contributed by atoms with Gasteiger partial charge < -0.3 is 9.97 Å². The van der Waals surface area contributed by atoms with Crippen LogP contribution in [-0.4, -0.2) is 9.97 Å². The maximum absolute atomic E-state index is 4.61. The minimum absolute atomic E-state index is 1.61. The summed E-state index contributed by atoms with van der Waals surface area (Å²) in [5.41, 5.74) is 0. The SMILES string of the molecule is [Cl][Pt].[c-]1ccccn1.[c-]1ccccn1. The Morgan fingerprint density at radius 3 is 1.29 bits per heavy atom. The molecule has 14 heavy (non-hydrogen) atoms. The first-order valence-electron chi connectivity index (χ1n) is 3.66. The number of hydrogen-bond donors (Lipinski definition) is 0. The van der Waals surface area contributed by atoms with Crippen molar-refractivity contribution in [3.63, 3.8) is 0 Å². The van der Waals surface area contributed by atoms with E-state index in [0.717, 1.165) is 0 Å². The molecule has 2 aromatic heterocycles. The van der Waals surface area contributed by atoms with Gasteiger partial charge in [0.05, 0.1) is 0 Å². The molecule has 4 heteroatoms. The van der Waals surface area contributed by atoms with Crippen molar-refractivity contribution in [3.05, 3.63) is 61.2 Å². The van der Waals surface area contributed by atoms with E-state index >= 15 is 0 Å². The number of hydrogen-bond acceptors (Lipinski definition) is 2. The van der Waals surface area contributed by atoms with Crippen LogP contribution in [0, 0.1) is 12.4 Å². The van der Waals surface area contributed by atoms with Gasteiger partial charge in [-0.2, -0.15) is 36.4 Å². The van der Waals surface area contributed by atoms with Crippen LogP contribution in [0.15, 0.2) is 48.8 Å². The standard InChI is InChI=1S/2C5H4N.ClH.Pt/c2*1-2-4-6-5-3-1;;/h2*1-4H;1H;/q2*-1;;+1/p-1. The first kappa shape index (κ1) is 13.3. The molecule has 0 aromatic carbocycles. The molecule has 2 heterocycles. The molecule has 0 amide bonds. The third kappa shape index (κ3) is 9.37. The van der Waals surface area contributed by atoms with Gasteiger partial charge in [-0.15, -0.1) is 0 Å². The average Bonchev–Trinajstić information content (AvgIpc) is 2.37. The predicted octanol–water partition coefficient (Wildman–Crippen LogP) is 2.45. The van der Waals surface area contributed by atoms with E-state index in [1.54, 1.807) is 43.3 Å². The fraction of sp³-hybridized carbons (Fsp3) is 0. The quantitative estimate of drug-likeness (QED) is 0.650. The molecule has 0 radical (unpaired) electrons. The van der Waals surface area contributed by atoms with Crippen LogP contribution in [0.2, 0.25) is 0 Å². The molecule has 0 spiro atoms. The second kappa shape index (κ2) is 12.3. The van der Waals surface area contributed by atoms with E-state index in [4.69, 9.17) is 0 Å². The normalized spacial score (nSPS) is 7.36. The molecule has 0 N–H and O–H groups in total. The molecule has 0 fully saturated rings. The van der Waals surface area contributed by atoms with E-state index < -0.39 is 0 Å². The van der Waals surface area contributed by atoms with Crippen molar-refractivity contribution in [2.75, 3.05) is 0 Å². The zero-order chi connectivity index (χ0) is 10.5. The summed E-state index contributed by atoms with van der Waals surface area (Å²) in [7, 11) is 4.61. The maximum atomic E-state index is 4.61. The summed E-state index contributed by atoms with van der Waals surface area (Å²) in [6.07, 6.45) is 8.67. The van der Waals surface area contributed by atoms with E-state index in [-0.39, 0.29) is 0 Å². The summed E-state index contributed by atoms with van der Waals surface area (Å²) >= 11 is 1.61. The Hall–Kier alpha value is -0.722. The third-order valence-corrected chi connectivity index (χ3v) is 1.03. The Balaban J connectivity index is 0.000000206. The molecule has 2 rings (SSSR count). The van der Waals surface area contributed by atoms with Crippen LogP contribution in [0.5, 0.6) is 0 Å². The Bertz CT molecular complexity index is 194. The summed E-state index contributed by atoms with van der Waals surface area (Å²) in [6.45, 7) is 0. The third-order valence-electron chi connectivity index (χ3n) is 1.03. The zero-order valence-corrected chi connectivity index (χ0v) is 10.2. The molecule has 0 aliphatic heterocycles. The molecule has 0 bridgehead atoms. The van der Waals surface area contributed by atoms with Crippen LogP contribution in [0.4, 0.5) is 0 Å². The van der Waals surface area contributed by atoms with Crippen molar-refractivity contribution in [1.82, 2.24) is 9.97 Å². The van der Waals surface area contributed by atoms with Gasteiger partial charge in [-0.3, -0.25) is 0 Å². The minimum atomic E-state index is 1.61. The topological polar surface area (TPSA) is 25.8 Å². The molecule has 2 nitrogen and oxygen atoms in total. The maximum Gasteiger partial charge on any atom is -0.0813 e. The molecular weight excluding hydrogens is 379 g/mol.